The van der Waals surface area contributed by atoms with Gasteiger partial charge in [0.1, 0.15) is 5.82 Å². The summed E-state index contributed by atoms with van der Waals surface area (Å²) in [7, 11) is 0. The van der Waals surface area contributed by atoms with Crippen molar-refractivity contribution in [3.63, 3.8) is 0 Å². The van der Waals surface area contributed by atoms with Gasteiger partial charge in [-0.1, -0.05) is 43.6 Å². The third kappa shape index (κ3) is 3.17. The summed E-state index contributed by atoms with van der Waals surface area (Å²) in [4.78, 5) is 12.2. The molecule has 0 bridgehead atoms. The first kappa shape index (κ1) is 14.5. The van der Waals surface area contributed by atoms with Crippen molar-refractivity contribution in [1.82, 2.24) is 0 Å². The molecule has 20 heavy (non-hydrogen) atoms. The van der Waals surface area contributed by atoms with E-state index in [1.54, 1.807) is 0 Å². The average molecular weight is 292 g/mol. The summed E-state index contributed by atoms with van der Waals surface area (Å²) in [5.41, 5.74) is 2.04. The largest absolute Gasteiger partial charge is 0.322 e. The van der Waals surface area contributed by atoms with E-state index in [0.717, 1.165) is 17.3 Å². The maximum Gasteiger partial charge on any atom is 0.257 e. The van der Waals surface area contributed by atoms with E-state index in [1.165, 1.54) is 12.1 Å². The van der Waals surface area contributed by atoms with Crippen LogP contribution in [0.5, 0.6) is 0 Å². The van der Waals surface area contributed by atoms with Crippen LogP contribution in [0.3, 0.4) is 0 Å². The Balaban J connectivity index is 2.28. The van der Waals surface area contributed by atoms with Crippen LogP contribution in [-0.4, -0.2) is 5.91 Å². The zero-order valence-electron chi connectivity index (χ0n) is 11.3. The number of amides is 1. The first-order valence-corrected chi connectivity index (χ1v) is 6.72. The first-order chi connectivity index (χ1) is 9.49. The molecule has 0 atom stereocenters. The van der Waals surface area contributed by atoms with E-state index in [1.807, 2.05) is 24.3 Å². The van der Waals surface area contributed by atoms with Crippen molar-refractivity contribution in [3.05, 3.63) is 64.4 Å². The van der Waals surface area contributed by atoms with Crippen LogP contribution in [0.25, 0.3) is 0 Å². The fourth-order valence-corrected chi connectivity index (χ4v) is 2.23. The maximum atomic E-state index is 13.0. The summed E-state index contributed by atoms with van der Waals surface area (Å²) in [6.07, 6.45) is 0. The number of halogens is 2. The summed E-state index contributed by atoms with van der Waals surface area (Å²) in [6.45, 7) is 4.10. The Hall–Kier alpha value is -1.87. The molecule has 1 N–H and O–H groups in total. The van der Waals surface area contributed by atoms with Gasteiger partial charge in [-0.2, -0.15) is 0 Å². The molecule has 104 valence electrons. The molecule has 2 aromatic rings. The molecular weight excluding hydrogens is 277 g/mol. The highest BCUT2D eigenvalue weighted by Crippen LogP contribution is 2.25. The molecule has 0 heterocycles. The normalized spacial score (nSPS) is 10.7. The van der Waals surface area contributed by atoms with E-state index < -0.39 is 5.82 Å². The summed E-state index contributed by atoms with van der Waals surface area (Å²) in [5, 5.41) is 2.92. The lowest BCUT2D eigenvalue weighted by molar-refractivity contribution is 0.102. The van der Waals surface area contributed by atoms with Gasteiger partial charge in [0.2, 0.25) is 0 Å². The summed E-state index contributed by atoms with van der Waals surface area (Å²) >= 11 is 5.89. The minimum absolute atomic E-state index is 0.101. The van der Waals surface area contributed by atoms with Crippen molar-refractivity contribution < 1.29 is 9.18 Å². The standard InChI is InChI=1S/C16H15ClFNO/c1-10(2)12-5-3-4-6-15(12)19-16(20)13-8-7-11(18)9-14(13)17/h3-10H,1-2H3,(H,19,20). The molecule has 0 aromatic heterocycles. The summed E-state index contributed by atoms with van der Waals surface area (Å²) < 4.78 is 13.0. The van der Waals surface area contributed by atoms with E-state index in [4.69, 9.17) is 11.6 Å². The predicted molar refractivity (Wildman–Crippen MR) is 79.9 cm³/mol. The Bertz CT molecular complexity index is 640. The topological polar surface area (TPSA) is 29.1 Å². The lowest BCUT2D eigenvalue weighted by Crippen LogP contribution is -2.14. The molecule has 0 saturated carbocycles. The lowest BCUT2D eigenvalue weighted by Gasteiger charge is -2.14. The second-order valence-electron chi connectivity index (χ2n) is 4.82. The molecule has 0 aliphatic carbocycles. The average Bonchev–Trinajstić information content (AvgIpc) is 2.38. The molecule has 0 unspecified atom stereocenters. The van der Waals surface area contributed by atoms with Crippen molar-refractivity contribution in [2.45, 2.75) is 19.8 Å². The van der Waals surface area contributed by atoms with Crippen molar-refractivity contribution >= 4 is 23.2 Å². The third-order valence-corrected chi connectivity index (χ3v) is 3.32. The molecule has 0 fully saturated rings. The SMILES string of the molecule is CC(C)c1ccccc1NC(=O)c1ccc(F)cc1Cl. The predicted octanol–water partition coefficient (Wildman–Crippen LogP) is 4.85. The molecule has 2 nitrogen and oxygen atoms in total. The Labute approximate surface area is 122 Å². The number of hydrogen-bond donors (Lipinski definition) is 1. The van der Waals surface area contributed by atoms with Gasteiger partial charge in [-0.25, -0.2) is 4.39 Å². The van der Waals surface area contributed by atoms with Crippen molar-refractivity contribution in [1.29, 1.82) is 0 Å². The van der Waals surface area contributed by atoms with E-state index in [2.05, 4.69) is 19.2 Å². The van der Waals surface area contributed by atoms with Crippen LogP contribution in [0.2, 0.25) is 5.02 Å². The van der Waals surface area contributed by atoms with Crippen LogP contribution in [0.1, 0.15) is 35.7 Å². The van der Waals surface area contributed by atoms with Crippen molar-refractivity contribution in [3.8, 4) is 0 Å². The van der Waals surface area contributed by atoms with Gasteiger partial charge in [-0.05, 0) is 35.7 Å². The number of carbonyl (C=O) groups is 1. The summed E-state index contributed by atoms with van der Waals surface area (Å²) in [6, 6.07) is 11.3. The van der Waals surface area contributed by atoms with E-state index in [9.17, 15) is 9.18 Å². The Kier molecular flexibility index (Phi) is 4.40. The quantitative estimate of drug-likeness (QED) is 0.860. The van der Waals surface area contributed by atoms with Crippen molar-refractivity contribution in [2.24, 2.45) is 0 Å². The molecule has 0 aliphatic heterocycles. The molecule has 2 rings (SSSR count). The number of para-hydroxylation sites is 1. The highest BCUT2D eigenvalue weighted by molar-refractivity contribution is 6.34. The van der Waals surface area contributed by atoms with Gasteiger partial charge in [0.25, 0.3) is 5.91 Å². The monoisotopic (exact) mass is 291 g/mol. The fourth-order valence-electron chi connectivity index (χ4n) is 1.98. The molecule has 1 amide bonds. The molecule has 2 aromatic carbocycles. The summed E-state index contributed by atoms with van der Waals surface area (Å²) in [5.74, 6) is -0.521. The van der Waals surface area contributed by atoms with Crippen LogP contribution < -0.4 is 5.32 Å². The van der Waals surface area contributed by atoms with E-state index in [-0.39, 0.29) is 22.4 Å². The van der Waals surface area contributed by atoms with Gasteiger partial charge in [-0.15, -0.1) is 0 Å². The van der Waals surface area contributed by atoms with Crippen LogP contribution in [-0.2, 0) is 0 Å². The first-order valence-electron chi connectivity index (χ1n) is 6.34. The van der Waals surface area contributed by atoms with Gasteiger partial charge in [0.15, 0.2) is 0 Å². The van der Waals surface area contributed by atoms with Crippen LogP contribution >= 0.6 is 11.6 Å². The molecule has 4 heteroatoms. The lowest BCUT2D eigenvalue weighted by atomic mass is 10.0. The second kappa shape index (κ2) is 6.06. The van der Waals surface area contributed by atoms with Gasteiger partial charge >= 0.3 is 0 Å². The zero-order chi connectivity index (χ0) is 14.7. The number of benzene rings is 2. The smallest absolute Gasteiger partial charge is 0.257 e. The molecule has 0 spiro atoms. The Morgan fingerprint density at radius 3 is 2.55 bits per heavy atom. The highest BCUT2D eigenvalue weighted by Gasteiger charge is 2.13. The minimum Gasteiger partial charge on any atom is -0.322 e. The number of hydrogen-bond acceptors (Lipinski definition) is 1. The number of anilines is 1. The van der Waals surface area contributed by atoms with E-state index >= 15 is 0 Å². The van der Waals surface area contributed by atoms with Gasteiger partial charge in [0.05, 0.1) is 10.6 Å². The molecule has 0 radical (unpaired) electrons. The number of carbonyl (C=O) groups excluding carboxylic acids is 1. The van der Waals surface area contributed by atoms with Crippen LogP contribution in [0.4, 0.5) is 10.1 Å². The molecule has 0 aliphatic rings. The number of rotatable bonds is 3. The van der Waals surface area contributed by atoms with Gasteiger partial charge in [-0.3, -0.25) is 4.79 Å². The molecule has 0 saturated heterocycles. The zero-order valence-corrected chi connectivity index (χ0v) is 12.0. The third-order valence-electron chi connectivity index (χ3n) is 3.01. The van der Waals surface area contributed by atoms with E-state index in [0.29, 0.717) is 0 Å². The second-order valence-corrected chi connectivity index (χ2v) is 5.23. The Morgan fingerprint density at radius 1 is 1.20 bits per heavy atom. The Morgan fingerprint density at radius 2 is 1.90 bits per heavy atom. The fraction of sp³-hybridized carbons (Fsp3) is 0.188. The maximum absolute atomic E-state index is 13.0. The van der Waals surface area contributed by atoms with Crippen LogP contribution in [0, 0.1) is 5.82 Å². The van der Waals surface area contributed by atoms with Gasteiger partial charge < -0.3 is 5.32 Å². The highest BCUT2D eigenvalue weighted by atomic mass is 35.5. The minimum atomic E-state index is -0.464. The molecular formula is C16H15ClFNO. The van der Waals surface area contributed by atoms with Crippen LogP contribution in [0.15, 0.2) is 42.5 Å². The van der Waals surface area contributed by atoms with Gasteiger partial charge in [0, 0.05) is 5.69 Å². The number of nitrogens with one attached hydrogen (secondary N) is 1. The van der Waals surface area contributed by atoms with Crippen molar-refractivity contribution in [2.75, 3.05) is 5.32 Å².